The molecule has 1 N–H and O–H groups in total. The predicted octanol–water partition coefficient (Wildman–Crippen LogP) is 3.99. The molecule has 1 fully saturated rings. The number of anilines is 1. The normalized spacial score (nSPS) is 15.7. The number of aromatic nitrogens is 6. The lowest BCUT2D eigenvalue weighted by Crippen LogP contribution is -2.26. The third-order valence-corrected chi connectivity index (χ3v) is 5.55. The Kier molecular flexibility index (Phi) is 5.25. The number of pyridine rings is 1. The first-order valence-electron chi connectivity index (χ1n) is 9.99. The maximum Gasteiger partial charge on any atom is 0.410 e. The molecule has 4 rings (SSSR count). The van der Waals surface area contributed by atoms with Gasteiger partial charge in [0.15, 0.2) is 5.82 Å². The molecule has 1 unspecified atom stereocenters. The van der Waals surface area contributed by atoms with Crippen molar-refractivity contribution < 1.29 is 13.2 Å². The number of nitrogens with zero attached hydrogens (tertiary/aromatic N) is 6. The zero-order chi connectivity index (χ0) is 21.5. The number of alkyl halides is 3. The van der Waals surface area contributed by atoms with E-state index in [-0.39, 0.29) is 18.1 Å². The summed E-state index contributed by atoms with van der Waals surface area (Å²) in [7, 11) is 0. The average Bonchev–Trinajstić information content (AvgIpc) is 3.44. The summed E-state index contributed by atoms with van der Waals surface area (Å²) in [5, 5.41) is 11.2. The summed E-state index contributed by atoms with van der Waals surface area (Å²) in [6, 6.07) is 3.68. The number of aryl methyl sites for hydroxylation is 2. The summed E-state index contributed by atoms with van der Waals surface area (Å²) >= 11 is 0. The van der Waals surface area contributed by atoms with Gasteiger partial charge >= 0.3 is 6.18 Å². The third-order valence-electron chi connectivity index (χ3n) is 5.55. The van der Waals surface area contributed by atoms with E-state index in [1.54, 1.807) is 6.07 Å². The number of hydrogen-bond acceptors (Lipinski definition) is 5. The Balaban J connectivity index is 1.74. The van der Waals surface area contributed by atoms with Crippen LogP contribution in [-0.2, 0) is 6.42 Å². The van der Waals surface area contributed by atoms with E-state index in [2.05, 4.69) is 30.2 Å². The van der Waals surface area contributed by atoms with Gasteiger partial charge in [0.05, 0.1) is 5.69 Å². The van der Waals surface area contributed by atoms with Crippen molar-refractivity contribution in [2.24, 2.45) is 0 Å². The molecule has 160 valence electrons. The SMILES string of the molecule is Cc1n[nH]c(C)c1Cc1nc(-c2cccc(N3CCCC3)n2)nn1C(C)C(F)(F)F. The van der Waals surface area contributed by atoms with Crippen molar-refractivity contribution in [2.75, 3.05) is 18.0 Å². The zero-order valence-corrected chi connectivity index (χ0v) is 17.2. The van der Waals surface area contributed by atoms with Gasteiger partial charge in [-0.1, -0.05) is 6.07 Å². The monoisotopic (exact) mass is 419 g/mol. The molecule has 1 aliphatic heterocycles. The fraction of sp³-hybridized carbons (Fsp3) is 0.500. The predicted molar refractivity (Wildman–Crippen MR) is 106 cm³/mol. The number of halogens is 3. The fourth-order valence-corrected chi connectivity index (χ4v) is 3.70. The standard InChI is InChI=1S/C20H24F3N7/c1-12-15(13(2)27-26-12)11-18-25-19(28-30(18)14(3)20(21,22)23)16-7-6-8-17(24-16)29-9-4-5-10-29/h6-8,14H,4-5,9-11H2,1-3H3,(H,26,27). The Morgan fingerprint density at radius 1 is 1.13 bits per heavy atom. The van der Waals surface area contributed by atoms with Crippen molar-refractivity contribution in [3.05, 3.63) is 41.0 Å². The van der Waals surface area contributed by atoms with Crippen molar-refractivity contribution in [3.8, 4) is 11.5 Å². The maximum atomic E-state index is 13.5. The smallest absolute Gasteiger partial charge is 0.357 e. The Morgan fingerprint density at radius 2 is 1.87 bits per heavy atom. The summed E-state index contributed by atoms with van der Waals surface area (Å²) in [5.74, 6) is 1.23. The van der Waals surface area contributed by atoms with Crippen LogP contribution in [0.1, 0.15) is 48.6 Å². The van der Waals surface area contributed by atoms with Gasteiger partial charge in [0.1, 0.15) is 23.4 Å². The van der Waals surface area contributed by atoms with Gasteiger partial charge in [0.25, 0.3) is 0 Å². The molecule has 1 atom stereocenters. The van der Waals surface area contributed by atoms with Crippen LogP contribution in [0.5, 0.6) is 0 Å². The van der Waals surface area contributed by atoms with E-state index in [1.165, 1.54) is 0 Å². The van der Waals surface area contributed by atoms with Gasteiger partial charge in [0.2, 0.25) is 0 Å². The quantitative estimate of drug-likeness (QED) is 0.677. The molecule has 10 heteroatoms. The largest absolute Gasteiger partial charge is 0.410 e. The first kappa shape index (κ1) is 20.4. The minimum absolute atomic E-state index is 0.195. The lowest BCUT2D eigenvalue weighted by atomic mass is 10.1. The Bertz CT molecular complexity index is 1010. The second-order valence-electron chi connectivity index (χ2n) is 7.68. The Hall–Kier alpha value is -2.91. The first-order valence-corrected chi connectivity index (χ1v) is 9.99. The second-order valence-corrected chi connectivity index (χ2v) is 7.68. The van der Waals surface area contributed by atoms with E-state index in [9.17, 15) is 13.2 Å². The summed E-state index contributed by atoms with van der Waals surface area (Å²) in [5.41, 5.74) is 2.83. The maximum absolute atomic E-state index is 13.5. The summed E-state index contributed by atoms with van der Waals surface area (Å²) in [4.78, 5) is 11.3. The molecule has 0 bridgehead atoms. The van der Waals surface area contributed by atoms with Crippen molar-refractivity contribution in [1.82, 2.24) is 29.9 Å². The van der Waals surface area contributed by atoms with Crippen molar-refractivity contribution in [1.29, 1.82) is 0 Å². The Labute approximate surface area is 172 Å². The summed E-state index contributed by atoms with van der Waals surface area (Å²) in [6.45, 7) is 6.59. The van der Waals surface area contributed by atoms with Gasteiger partial charge in [-0.25, -0.2) is 14.6 Å². The lowest BCUT2D eigenvalue weighted by Gasteiger charge is -2.17. The van der Waals surface area contributed by atoms with E-state index in [0.29, 0.717) is 5.69 Å². The molecule has 30 heavy (non-hydrogen) atoms. The van der Waals surface area contributed by atoms with E-state index in [1.807, 2.05) is 26.0 Å². The van der Waals surface area contributed by atoms with Crippen LogP contribution in [0.3, 0.4) is 0 Å². The van der Waals surface area contributed by atoms with E-state index in [4.69, 9.17) is 0 Å². The molecule has 0 aliphatic carbocycles. The average molecular weight is 419 g/mol. The minimum Gasteiger partial charge on any atom is -0.357 e. The van der Waals surface area contributed by atoms with Crippen LogP contribution in [0.4, 0.5) is 19.0 Å². The van der Waals surface area contributed by atoms with Crippen molar-refractivity contribution in [3.63, 3.8) is 0 Å². The molecular weight excluding hydrogens is 395 g/mol. The fourth-order valence-electron chi connectivity index (χ4n) is 3.70. The van der Waals surface area contributed by atoms with Gasteiger partial charge in [0, 0.05) is 30.8 Å². The van der Waals surface area contributed by atoms with Crippen LogP contribution >= 0.6 is 0 Å². The highest BCUT2D eigenvalue weighted by atomic mass is 19.4. The highest BCUT2D eigenvalue weighted by Crippen LogP contribution is 2.32. The molecule has 1 aliphatic rings. The highest BCUT2D eigenvalue weighted by Gasteiger charge is 2.40. The third kappa shape index (κ3) is 3.90. The molecule has 1 saturated heterocycles. The molecule has 3 aromatic heterocycles. The topological polar surface area (TPSA) is 75.5 Å². The zero-order valence-electron chi connectivity index (χ0n) is 17.2. The molecular formula is C20H24F3N7. The number of hydrogen-bond donors (Lipinski definition) is 1. The number of nitrogens with one attached hydrogen (secondary N) is 1. The second kappa shape index (κ2) is 7.73. The van der Waals surface area contributed by atoms with E-state index in [0.717, 1.165) is 60.3 Å². The van der Waals surface area contributed by atoms with Gasteiger partial charge in [-0.05, 0) is 45.7 Å². The van der Waals surface area contributed by atoms with Gasteiger partial charge in [-0.2, -0.15) is 18.3 Å². The van der Waals surface area contributed by atoms with Crippen LogP contribution < -0.4 is 4.90 Å². The number of H-pyrrole nitrogens is 1. The minimum atomic E-state index is -4.44. The number of aromatic amines is 1. The molecule has 0 radical (unpaired) electrons. The lowest BCUT2D eigenvalue weighted by molar-refractivity contribution is -0.165. The molecule has 0 aromatic carbocycles. The van der Waals surface area contributed by atoms with Crippen LogP contribution in [0.25, 0.3) is 11.5 Å². The van der Waals surface area contributed by atoms with E-state index < -0.39 is 12.2 Å². The van der Waals surface area contributed by atoms with E-state index >= 15 is 0 Å². The molecule has 7 nitrogen and oxygen atoms in total. The van der Waals surface area contributed by atoms with Crippen molar-refractivity contribution >= 4 is 5.82 Å². The van der Waals surface area contributed by atoms with Gasteiger partial charge < -0.3 is 4.90 Å². The Morgan fingerprint density at radius 3 is 2.50 bits per heavy atom. The molecule has 0 amide bonds. The van der Waals surface area contributed by atoms with Crippen LogP contribution in [-0.4, -0.2) is 49.2 Å². The molecule has 3 aromatic rings. The summed E-state index contributed by atoms with van der Waals surface area (Å²) in [6.07, 6.45) is -2.02. The molecule has 0 saturated carbocycles. The van der Waals surface area contributed by atoms with Crippen LogP contribution in [0.15, 0.2) is 18.2 Å². The van der Waals surface area contributed by atoms with Gasteiger partial charge in [-0.15, -0.1) is 5.10 Å². The first-order chi connectivity index (χ1) is 14.2. The number of rotatable bonds is 5. The molecule has 4 heterocycles. The van der Waals surface area contributed by atoms with Crippen LogP contribution in [0, 0.1) is 13.8 Å². The van der Waals surface area contributed by atoms with Crippen LogP contribution in [0.2, 0.25) is 0 Å². The summed E-state index contributed by atoms with van der Waals surface area (Å²) < 4.78 is 41.5. The highest BCUT2D eigenvalue weighted by molar-refractivity contribution is 5.54. The van der Waals surface area contributed by atoms with Gasteiger partial charge in [-0.3, -0.25) is 5.10 Å². The molecule has 0 spiro atoms. The van der Waals surface area contributed by atoms with Crippen molar-refractivity contribution in [2.45, 2.75) is 52.3 Å².